The molecule has 90 valence electrons. The van der Waals surface area contributed by atoms with Crippen LogP contribution in [0.5, 0.6) is 0 Å². The van der Waals surface area contributed by atoms with Crippen LogP contribution < -0.4 is 5.32 Å². The second-order valence-corrected chi connectivity index (χ2v) is 6.36. The Morgan fingerprint density at radius 1 is 1.44 bits per heavy atom. The summed E-state index contributed by atoms with van der Waals surface area (Å²) >= 11 is 2.03. The van der Waals surface area contributed by atoms with Gasteiger partial charge in [-0.1, -0.05) is 20.8 Å². The fourth-order valence-corrected chi connectivity index (χ4v) is 3.88. The molecule has 0 spiro atoms. The van der Waals surface area contributed by atoms with E-state index in [2.05, 4.69) is 38.2 Å². The fourth-order valence-electron chi connectivity index (χ4n) is 2.72. The summed E-state index contributed by atoms with van der Waals surface area (Å²) in [5.74, 6) is 2.40. The first-order valence-corrected chi connectivity index (χ1v) is 7.33. The van der Waals surface area contributed by atoms with Gasteiger partial charge in [-0.2, -0.15) is 0 Å². The van der Waals surface area contributed by atoms with Gasteiger partial charge in [0.25, 0.3) is 0 Å². The molecule has 2 atom stereocenters. The van der Waals surface area contributed by atoms with Gasteiger partial charge in [-0.3, -0.25) is 0 Å². The second-order valence-electron chi connectivity index (χ2n) is 5.16. The molecule has 0 aliphatic carbocycles. The van der Waals surface area contributed by atoms with Crippen LogP contribution in [0.25, 0.3) is 0 Å². The lowest BCUT2D eigenvalue weighted by Gasteiger charge is -2.34. The summed E-state index contributed by atoms with van der Waals surface area (Å²) in [4.78, 5) is 3.16. The maximum atomic E-state index is 3.54. The monoisotopic (exact) mass is 237 g/mol. The molecule has 1 fully saturated rings. The van der Waals surface area contributed by atoms with Crippen molar-refractivity contribution in [2.75, 3.05) is 13.1 Å². The van der Waals surface area contributed by atoms with E-state index >= 15 is 0 Å². The predicted octanol–water partition coefficient (Wildman–Crippen LogP) is 3.66. The maximum absolute atomic E-state index is 3.54. The van der Waals surface area contributed by atoms with E-state index in [4.69, 9.17) is 0 Å². The molecule has 1 N–H and O–H groups in total. The van der Waals surface area contributed by atoms with Crippen LogP contribution in [0.2, 0.25) is 0 Å². The first-order chi connectivity index (χ1) is 7.72. The summed E-state index contributed by atoms with van der Waals surface area (Å²) in [7, 11) is 0. The molecule has 2 heteroatoms. The van der Waals surface area contributed by atoms with E-state index < -0.39 is 0 Å². The van der Waals surface area contributed by atoms with Crippen molar-refractivity contribution >= 4 is 11.3 Å². The van der Waals surface area contributed by atoms with Crippen LogP contribution in [0.1, 0.15) is 42.9 Å². The third-order valence-electron chi connectivity index (χ3n) is 3.78. The van der Waals surface area contributed by atoms with Crippen molar-refractivity contribution in [1.29, 1.82) is 0 Å². The van der Waals surface area contributed by atoms with Crippen molar-refractivity contribution in [3.63, 3.8) is 0 Å². The van der Waals surface area contributed by atoms with Gasteiger partial charge in [-0.05, 0) is 55.8 Å². The van der Waals surface area contributed by atoms with Gasteiger partial charge < -0.3 is 5.32 Å². The Balaban J connectivity index is 2.16. The van der Waals surface area contributed by atoms with Crippen molar-refractivity contribution in [3.8, 4) is 0 Å². The minimum absolute atomic E-state index is 0.782. The van der Waals surface area contributed by atoms with Crippen LogP contribution in [0.4, 0.5) is 0 Å². The van der Waals surface area contributed by atoms with E-state index in [0.29, 0.717) is 0 Å². The first-order valence-electron chi connectivity index (χ1n) is 6.51. The van der Waals surface area contributed by atoms with Crippen LogP contribution in [0, 0.1) is 11.8 Å². The number of thiophene rings is 1. The van der Waals surface area contributed by atoms with Gasteiger partial charge in [-0.25, -0.2) is 0 Å². The van der Waals surface area contributed by atoms with Gasteiger partial charge in [0, 0.05) is 9.75 Å². The zero-order chi connectivity index (χ0) is 11.5. The number of aryl methyl sites for hydroxylation is 1. The molecule has 1 aliphatic rings. The molecule has 0 amide bonds. The molecule has 0 aromatic carbocycles. The van der Waals surface area contributed by atoms with Crippen molar-refractivity contribution in [2.24, 2.45) is 11.8 Å². The van der Waals surface area contributed by atoms with Crippen LogP contribution in [-0.4, -0.2) is 13.1 Å². The average molecular weight is 237 g/mol. The summed E-state index contributed by atoms with van der Waals surface area (Å²) in [5.41, 5.74) is 0. The number of piperidine rings is 1. The number of nitrogens with one attached hydrogen (secondary N) is 1. The highest BCUT2D eigenvalue weighted by Crippen LogP contribution is 2.38. The SMILES string of the molecule is CCc1ccc(C2CCNCC2C(C)C)s1. The van der Waals surface area contributed by atoms with E-state index in [0.717, 1.165) is 17.8 Å². The highest BCUT2D eigenvalue weighted by atomic mass is 32.1. The second kappa shape index (κ2) is 5.33. The van der Waals surface area contributed by atoms with Crippen molar-refractivity contribution in [3.05, 3.63) is 21.9 Å². The van der Waals surface area contributed by atoms with Crippen LogP contribution in [0.3, 0.4) is 0 Å². The van der Waals surface area contributed by atoms with Gasteiger partial charge in [0.15, 0.2) is 0 Å². The van der Waals surface area contributed by atoms with E-state index in [-0.39, 0.29) is 0 Å². The molecule has 1 nitrogen and oxygen atoms in total. The highest BCUT2D eigenvalue weighted by molar-refractivity contribution is 7.12. The predicted molar refractivity (Wildman–Crippen MR) is 72.3 cm³/mol. The van der Waals surface area contributed by atoms with Crippen LogP contribution in [-0.2, 0) is 6.42 Å². The molecule has 1 aromatic heterocycles. The van der Waals surface area contributed by atoms with E-state index in [9.17, 15) is 0 Å². The molecule has 0 radical (unpaired) electrons. The topological polar surface area (TPSA) is 12.0 Å². The average Bonchev–Trinajstić information content (AvgIpc) is 2.77. The summed E-state index contributed by atoms with van der Waals surface area (Å²) in [6.45, 7) is 9.35. The molecule has 1 saturated heterocycles. The summed E-state index contributed by atoms with van der Waals surface area (Å²) in [5, 5.41) is 3.54. The van der Waals surface area contributed by atoms with Gasteiger partial charge in [0.1, 0.15) is 0 Å². The fraction of sp³-hybridized carbons (Fsp3) is 0.714. The van der Waals surface area contributed by atoms with Crippen LogP contribution >= 0.6 is 11.3 Å². The zero-order valence-corrected chi connectivity index (χ0v) is 11.4. The van der Waals surface area contributed by atoms with Crippen molar-refractivity contribution < 1.29 is 0 Å². The van der Waals surface area contributed by atoms with E-state index in [1.54, 1.807) is 4.88 Å². The van der Waals surface area contributed by atoms with E-state index in [1.165, 1.54) is 30.8 Å². The first kappa shape index (κ1) is 12.1. The summed E-state index contributed by atoms with van der Waals surface area (Å²) in [6, 6.07) is 4.69. The third kappa shape index (κ3) is 2.49. The van der Waals surface area contributed by atoms with Gasteiger partial charge in [0.05, 0.1) is 0 Å². The Bertz CT molecular complexity index is 329. The normalized spacial score (nSPS) is 26.2. The Labute approximate surface area is 103 Å². The van der Waals surface area contributed by atoms with E-state index in [1.807, 2.05) is 11.3 Å². The van der Waals surface area contributed by atoms with Crippen molar-refractivity contribution in [1.82, 2.24) is 5.32 Å². The maximum Gasteiger partial charge on any atom is 0.00829 e. The lowest BCUT2D eigenvalue weighted by Crippen LogP contribution is -2.37. The molecule has 2 rings (SSSR count). The van der Waals surface area contributed by atoms with Gasteiger partial charge in [0.2, 0.25) is 0 Å². The summed E-state index contributed by atoms with van der Waals surface area (Å²) in [6.07, 6.45) is 2.49. The molecular weight excluding hydrogens is 214 g/mol. The molecule has 2 unspecified atom stereocenters. The Kier molecular flexibility index (Phi) is 4.04. The quantitative estimate of drug-likeness (QED) is 0.846. The smallest absolute Gasteiger partial charge is 0.00829 e. The third-order valence-corrected chi connectivity index (χ3v) is 5.14. The standard InChI is InChI=1S/C14H23NS/c1-4-11-5-6-14(16-11)12-7-8-15-9-13(12)10(2)3/h5-6,10,12-13,15H,4,7-9H2,1-3H3. The number of hydrogen-bond donors (Lipinski definition) is 1. The van der Waals surface area contributed by atoms with Gasteiger partial charge >= 0.3 is 0 Å². The highest BCUT2D eigenvalue weighted by Gasteiger charge is 2.29. The largest absolute Gasteiger partial charge is 0.316 e. The molecule has 2 heterocycles. The molecule has 0 saturated carbocycles. The molecule has 1 aromatic rings. The molecular formula is C14H23NS. The van der Waals surface area contributed by atoms with Crippen LogP contribution in [0.15, 0.2) is 12.1 Å². The molecule has 1 aliphatic heterocycles. The van der Waals surface area contributed by atoms with Gasteiger partial charge in [-0.15, -0.1) is 11.3 Å². The summed E-state index contributed by atoms with van der Waals surface area (Å²) < 4.78 is 0. The molecule has 0 bridgehead atoms. The Morgan fingerprint density at radius 3 is 2.88 bits per heavy atom. The zero-order valence-electron chi connectivity index (χ0n) is 10.6. The van der Waals surface area contributed by atoms with Crippen molar-refractivity contribution in [2.45, 2.75) is 39.5 Å². The number of rotatable bonds is 3. The minimum Gasteiger partial charge on any atom is -0.316 e. The Morgan fingerprint density at radius 2 is 2.25 bits per heavy atom. The number of hydrogen-bond acceptors (Lipinski definition) is 2. The minimum atomic E-state index is 0.782. The molecule has 16 heavy (non-hydrogen) atoms. The Hall–Kier alpha value is -0.340. The lowest BCUT2D eigenvalue weighted by atomic mass is 9.78. The lowest BCUT2D eigenvalue weighted by molar-refractivity contribution is 0.258.